The van der Waals surface area contributed by atoms with Gasteiger partial charge in [-0.1, -0.05) is 18.2 Å². The van der Waals surface area contributed by atoms with Gasteiger partial charge in [-0.3, -0.25) is 0 Å². The van der Waals surface area contributed by atoms with Crippen LogP contribution in [0.2, 0.25) is 0 Å². The normalized spacial score (nSPS) is 11.2. The molecule has 0 aliphatic heterocycles. The summed E-state index contributed by atoms with van der Waals surface area (Å²) in [5.41, 5.74) is 9.63. The molecule has 7 heteroatoms. The van der Waals surface area contributed by atoms with Crippen LogP contribution in [0.5, 0.6) is 11.5 Å². The lowest BCUT2D eigenvalue weighted by atomic mass is 10.1. The van der Waals surface area contributed by atoms with Crippen LogP contribution < -0.4 is 15.2 Å². The van der Waals surface area contributed by atoms with Crippen molar-refractivity contribution in [2.75, 3.05) is 20.0 Å². The van der Waals surface area contributed by atoms with Gasteiger partial charge in [0, 0.05) is 42.1 Å². The van der Waals surface area contributed by atoms with Crippen LogP contribution >= 0.6 is 12.2 Å². The second-order valence-corrected chi connectivity index (χ2v) is 7.05. The van der Waals surface area contributed by atoms with E-state index in [2.05, 4.69) is 47.1 Å². The third-order valence-electron chi connectivity index (χ3n) is 5.10. The quantitative estimate of drug-likeness (QED) is 0.516. The largest absolute Gasteiger partial charge is 0.493 e. The molecule has 28 heavy (non-hydrogen) atoms. The van der Waals surface area contributed by atoms with Crippen LogP contribution in [-0.2, 0) is 20.0 Å². The number of nitrogen functional groups attached to an aromatic ring is 1. The van der Waals surface area contributed by atoms with Gasteiger partial charge in [0.05, 0.1) is 19.7 Å². The fraction of sp³-hybridized carbons (Fsp3) is 0.238. The maximum Gasteiger partial charge on any atom is 0.201 e. The minimum absolute atomic E-state index is 0.456. The van der Waals surface area contributed by atoms with E-state index >= 15 is 0 Å². The maximum absolute atomic E-state index is 6.47. The summed E-state index contributed by atoms with van der Waals surface area (Å²) in [6, 6.07) is 12.0. The lowest BCUT2D eigenvalue weighted by molar-refractivity contribution is 0.355. The molecule has 0 atom stereocenters. The second-order valence-electron chi connectivity index (χ2n) is 6.69. The van der Waals surface area contributed by atoms with Gasteiger partial charge in [-0.15, -0.1) is 0 Å². The summed E-state index contributed by atoms with van der Waals surface area (Å²) in [7, 11) is 5.25. The van der Waals surface area contributed by atoms with Crippen molar-refractivity contribution in [1.29, 1.82) is 0 Å². The number of methoxy groups -OCH3 is 2. The highest BCUT2D eigenvalue weighted by Crippen LogP contribution is 2.34. The first-order chi connectivity index (χ1) is 13.5. The van der Waals surface area contributed by atoms with Crippen molar-refractivity contribution in [3.05, 3.63) is 52.9 Å². The molecule has 2 heterocycles. The fourth-order valence-electron chi connectivity index (χ4n) is 3.65. The van der Waals surface area contributed by atoms with Crippen molar-refractivity contribution in [2.24, 2.45) is 7.05 Å². The number of hydrogen-bond acceptors (Lipinski definition) is 5. The summed E-state index contributed by atoms with van der Waals surface area (Å²) in [6.07, 6.45) is 2.97. The van der Waals surface area contributed by atoms with Gasteiger partial charge in [-0.05, 0) is 36.3 Å². The standard InChI is InChI=1S/C21H22N4O2S/c1-24-12-13(14-6-4-5-7-17(14)24)8-9-25-20(22)15-10-18(26-2)19(27-3)11-16(15)23-21(25)28/h4-7,10-12H,8-9,22H2,1-3H3. The second kappa shape index (κ2) is 7.16. The van der Waals surface area contributed by atoms with E-state index < -0.39 is 0 Å². The molecule has 0 saturated carbocycles. The number of aryl methyl sites for hydroxylation is 2. The summed E-state index contributed by atoms with van der Waals surface area (Å²) in [5, 5.41) is 2.04. The topological polar surface area (TPSA) is 67.2 Å². The van der Waals surface area contributed by atoms with Crippen LogP contribution in [0.4, 0.5) is 5.82 Å². The SMILES string of the molecule is COc1cc2nc(=S)n(CCc3cn(C)c4ccccc34)c(N)c2cc1OC. The van der Waals surface area contributed by atoms with E-state index in [1.165, 1.54) is 16.5 Å². The number of nitrogens with zero attached hydrogens (tertiary/aromatic N) is 3. The molecular formula is C21H22N4O2S. The molecule has 0 unspecified atom stereocenters. The molecule has 0 aliphatic carbocycles. The van der Waals surface area contributed by atoms with Crippen LogP contribution in [-0.4, -0.2) is 28.3 Å². The monoisotopic (exact) mass is 394 g/mol. The highest BCUT2D eigenvalue weighted by molar-refractivity contribution is 7.71. The van der Waals surface area contributed by atoms with Crippen LogP contribution in [0.25, 0.3) is 21.8 Å². The average molecular weight is 395 g/mol. The first-order valence-electron chi connectivity index (χ1n) is 8.98. The predicted molar refractivity (Wildman–Crippen MR) is 115 cm³/mol. The number of rotatable bonds is 5. The van der Waals surface area contributed by atoms with E-state index in [9.17, 15) is 0 Å². The van der Waals surface area contributed by atoms with Crippen molar-refractivity contribution in [3.63, 3.8) is 0 Å². The number of hydrogen-bond donors (Lipinski definition) is 1. The third kappa shape index (κ3) is 2.97. The maximum atomic E-state index is 6.47. The number of aromatic nitrogens is 3. The van der Waals surface area contributed by atoms with Crippen LogP contribution in [0, 0.1) is 4.77 Å². The van der Waals surface area contributed by atoms with E-state index in [0.717, 1.165) is 11.8 Å². The minimum Gasteiger partial charge on any atom is -0.493 e. The Morgan fingerprint density at radius 1 is 1.07 bits per heavy atom. The molecule has 2 aromatic carbocycles. The number of ether oxygens (including phenoxy) is 2. The highest BCUT2D eigenvalue weighted by Gasteiger charge is 2.13. The summed E-state index contributed by atoms with van der Waals surface area (Å²) < 4.78 is 15.2. The Hall–Kier alpha value is -3.06. The number of anilines is 1. The first-order valence-corrected chi connectivity index (χ1v) is 9.39. The minimum atomic E-state index is 0.456. The molecule has 144 valence electrons. The Kier molecular flexibility index (Phi) is 4.68. The summed E-state index contributed by atoms with van der Waals surface area (Å²) >= 11 is 5.52. The van der Waals surface area contributed by atoms with E-state index in [4.69, 9.17) is 27.4 Å². The summed E-state index contributed by atoms with van der Waals surface area (Å²) in [5.74, 6) is 1.79. The zero-order chi connectivity index (χ0) is 19.8. The Labute approximate surface area is 168 Å². The number of benzene rings is 2. The average Bonchev–Trinajstić information content (AvgIpc) is 3.03. The van der Waals surface area contributed by atoms with Gasteiger partial charge in [0.25, 0.3) is 0 Å². The molecule has 0 aliphatic rings. The van der Waals surface area contributed by atoms with Gasteiger partial charge in [-0.25, -0.2) is 4.98 Å². The summed E-state index contributed by atoms with van der Waals surface area (Å²) in [6.45, 7) is 0.649. The van der Waals surface area contributed by atoms with E-state index in [1.54, 1.807) is 20.3 Å². The number of para-hydroxylation sites is 1. The van der Waals surface area contributed by atoms with Gasteiger partial charge in [0.2, 0.25) is 4.77 Å². The van der Waals surface area contributed by atoms with E-state index in [0.29, 0.717) is 34.1 Å². The van der Waals surface area contributed by atoms with Crippen molar-refractivity contribution in [3.8, 4) is 11.5 Å². The van der Waals surface area contributed by atoms with Gasteiger partial charge in [0.15, 0.2) is 11.5 Å². The highest BCUT2D eigenvalue weighted by atomic mass is 32.1. The zero-order valence-corrected chi connectivity index (χ0v) is 16.9. The Morgan fingerprint density at radius 3 is 2.54 bits per heavy atom. The van der Waals surface area contributed by atoms with Crippen LogP contribution in [0.1, 0.15) is 5.56 Å². The molecule has 4 aromatic rings. The molecule has 6 nitrogen and oxygen atoms in total. The molecule has 0 amide bonds. The molecule has 0 bridgehead atoms. The molecule has 2 N–H and O–H groups in total. The summed E-state index contributed by atoms with van der Waals surface area (Å²) in [4.78, 5) is 4.56. The van der Waals surface area contributed by atoms with Crippen molar-refractivity contribution in [1.82, 2.24) is 14.1 Å². The smallest absolute Gasteiger partial charge is 0.201 e. The molecular weight excluding hydrogens is 372 g/mol. The Bertz CT molecular complexity index is 1240. The lowest BCUT2D eigenvalue weighted by Crippen LogP contribution is -2.11. The number of fused-ring (bicyclic) bond motifs is 2. The predicted octanol–water partition coefficient (Wildman–Crippen LogP) is 4.10. The molecule has 0 fully saturated rings. The van der Waals surface area contributed by atoms with Crippen LogP contribution in [0.15, 0.2) is 42.6 Å². The molecule has 4 rings (SSSR count). The molecule has 0 saturated heterocycles. The zero-order valence-electron chi connectivity index (χ0n) is 16.1. The molecule has 0 radical (unpaired) electrons. The van der Waals surface area contributed by atoms with Crippen molar-refractivity contribution < 1.29 is 9.47 Å². The Balaban J connectivity index is 1.75. The van der Waals surface area contributed by atoms with Gasteiger partial charge < -0.3 is 24.3 Å². The van der Waals surface area contributed by atoms with E-state index in [1.807, 2.05) is 10.6 Å². The molecule has 2 aromatic heterocycles. The van der Waals surface area contributed by atoms with Crippen molar-refractivity contribution >= 4 is 39.8 Å². The van der Waals surface area contributed by atoms with E-state index in [-0.39, 0.29) is 0 Å². The first kappa shape index (κ1) is 18.3. The fourth-order valence-corrected chi connectivity index (χ4v) is 3.94. The van der Waals surface area contributed by atoms with Gasteiger partial charge >= 0.3 is 0 Å². The lowest BCUT2D eigenvalue weighted by Gasteiger charge is -2.15. The number of nitrogens with two attached hydrogens (primary N) is 1. The van der Waals surface area contributed by atoms with Gasteiger partial charge in [-0.2, -0.15) is 0 Å². The molecule has 0 spiro atoms. The third-order valence-corrected chi connectivity index (χ3v) is 5.41. The van der Waals surface area contributed by atoms with Gasteiger partial charge in [0.1, 0.15) is 5.82 Å². The Morgan fingerprint density at radius 2 is 1.79 bits per heavy atom. The van der Waals surface area contributed by atoms with Crippen molar-refractivity contribution in [2.45, 2.75) is 13.0 Å². The van der Waals surface area contributed by atoms with Crippen LogP contribution in [0.3, 0.4) is 0 Å².